The Bertz CT molecular complexity index is 945. The largest absolute Gasteiger partial charge is 0.465 e. The number of piperidine rings is 1. The highest BCUT2D eigenvalue weighted by Gasteiger charge is 2.34. The van der Waals surface area contributed by atoms with Crippen molar-refractivity contribution in [2.45, 2.75) is 38.0 Å². The van der Waals surface area contributed by atoms with Gasteiger partial charge in [-0.1, -0.05) is 65.9 Å². The minimum Gasteiger partial charge on any atom is -0.465 e. The van der Waals surface area contributed by atoms with E-state index < -0.39 is 6.09 Å². The summed E-state index contributed by atoms with van der Waals surface area (Å²) in [5.41, 5.74) is 3.19. The summed E-state index contributed by atoms with van der Waals surface area (Å²) in [5.74, 6) is 0.0230. The number of nitrogens with zero attached hydrogens (tertiary/aromatic N) is 4. The van der Waals surface area contributed by atoms with Gasteiger partial charge in [0, 0.05) is 25.2 Å². The number of aryl methyl sites for hydroxylation is 2. The first-order chi connectivity index (χ1) is 14.7. The van der Waals surface area contributed by atoms with Gasteiger partial charge >= 0.3 is 6.09 Å². The van der Waals surface area contributed by atoms with Crippen LogP contribution in [0.2, 0.25) is 0 Å². The van der Waals surface area contributed by atoms with E-state index in [1.165, 1.54) is 10.5 Å². The van der Waals surface area contributed by atoms with Crippen LogP contribution >= 0.6 is 0 Å². The lowest BCUT2D eigenvalue weighted by molar-refractivity contribution is -0.0208. The first-order valence-corrected chi connectivity index (χ1v) is 10.3. The predicted molar refractivity (Wildman–Crippen MR) is 112 cm³/mol. The van der Waals surface area contributed by atoms with Crippen molar-refractivity contribution in [3.63, 3.8) is 0 Å². The third kappa shape index (κ3) is 5.04. The Kier molecular flexibility index (Phi) is 6.39. The predicted octanol–water partition coefficient (Wildman–Crippen LogP) is 3.57. The first kappa shape index (κ1) is 20.1. The average Bonchev–Trinajstić information content (AvgIpc) is 3.26. The van der Waals surface area contributed by atoms with E-state index in [2.05, 4.69) is 22.4 Å². The summed E-state index contributed by atoms with van der Waals surface area (Å²) in [4.78, 5) is 12.9. The molecule has 0 radical (unpaired) electrons. The zero-order chi connectivity index (χ0) is 20.8. The van der Waals surface area contributed by atoms with Gasteiger partial charge in [-0.3, -0.25) is 4.68 Å². The van der Waals surface area contributed by atoms with Gasteiger partial charge in [0.15, 0.2) is 0 Å². The molecular weight excluding hydrogens is 380 g/mol. The highest BCUT2D eigenvalue weighted by atomic mass is 16.5. The molecule has 30 heavy (non-hydrogen) atoms. The lowest BCUT2D eigenvalue weighted by Crippen LogP contribution is -2.46. The Hall–Kier alpha value is -3.19. The molecule has 0 unspecified atom stereocenters. The zero-order valence-electron chi connectivity index (χ0n) is 16.8. The van der Waals surface area contributed by atoms with Crippen LogP contribution in [0.3, 0.4) is 0 Å². The number of aromatic nitrogens is 3. The second-order valence-corrected chi connectivity index (χ2v) is 7.60. The number of ether oxygens (including phenoxy) is 1. The molecule has 1 aliphatic heterocycles. The van der Waals surface area contributed by atoms with Crippen molar-refractivity contribution < 1.29 is 14.6 Å². The van der Waals surface area contributed by atoms with E-state index in [1.54, 1.807) is 0 Å². The lowest BCUT2D eigenvalue weighted by Gasteiger charge is -2.36. The maximum absolute atomic E-state index is 11.5. The van der Waals surface area contributed by atoms with Crippen LogP contribution in [0.15, 0.2) is 66.9 Å². The molecule has 2 atom stereocenters. The van der Waals surface area contributed by atoms with E-state index in [1.807, 2.05) is 59.4 Å². The fraction of sp³-hybridized carbons (Fsp3) is 0.348. The fourth-order valence-electron chi connectivity index (χ4n) is 3.86. The third-order valence-electron chi connectivity index (χ3n) is 5.55. The van der Waals surface area contributed by atoms with Gasteiger partial charge in [-0.15, -0.1) is 5.10 Å². The van der Waals surface area contributed by atoms with Crippen LogP contribution in [0.4, 0.5) is 4.79 Å². The van der Waals surface area contributed by atoms with Crippen molar-refractivity contribution in [3.8, 4) is 0 Å². The number of hydrogen-bond donors (Lipinski definition) is 1. The SMILES string of the molecule is O=C(O)N1CC[C@H](c2cn(CCc3ccccc3)nn2)[C@@H](OCc2ccccc2)C1. The van der Waals surface area contributed by atoms with Crippen molar-refractivity contribution in [1.29, 1.82) is 0 Å². The molecular formula is C23H26N4O3. The monoisotopic (exact) mass is 406 g/mol. The van der Waals surface area contributed by atoms with E-state index in [9.17, 15) is 9.90 Å². The van der Waals surface area contributed by atoms with Crippen LogP contribution < -0.4 is 0 Å². The number of likely N-dealkylation sites (tertiary alicyclic amines) is 1. The molecule has 7 heteroatoms. The molecule has 0 saturated carbocycles. The smallest absolute Gasteiger partial charge is 0.407 e. The molecule has 1 saturated heterocycles. The van der Waals surface area contributed by atoms with Crippen molar-refractivity contribution in [3.05, 3.63) is 83.7 Å². The summed E-state index contributed by atoms with van der Waals surface area (Å²) in [7, 11) is 0. The van der Waals surface area contributed by atoms with E-state index in [4.69, 9.17) is 4.74 Å². The second-order valence-electron chi connectivity index (χ2n) is 7.60. The first-order valence-electron chi connectivity index (χ1n) is 10.3. The lowest BCUT2D eigenvalue weighted by atomic mass is 9.91. The van der Waals surface area contributed by atoms with Gasteiger partial charge in [0.05, 0.1) is 24.9 Å². The van der Waals surface area contributed by atoms with Gasteiger partial charge in [-0.25, -0.2) is 4.79 Å². The number of carboxylic acid groups (broad SMARTS) is 1. The fourth-order valence-corrected chi connectivity index (χ4v) is 3.86. The molecule has 156 valence electrons. The van der Waals surface area contributed by atoms with Crippen LogP contribution in [0.5, 0.6) is 0 Å². The third-order valence-corrected chi connectivity index (χ3v) is 5.55. The molecule has 2 heterocycles. The van der Waals surface area contributed by atoms with Crippen molar-refractivity contribution in [2.24, 2.45) is 0 Å². The van der Waals surface area contributed by atoms with Gasteiger partial charge in [0.2, 0.25) is 0 Å². The van der Waals surface area contributed by atoms with Crippen LogP contribution in [-0.4, -0.2) is 50.3 Å². The van der Waals surface area contributed by atoms with Gasteiger partial charge in [0.1, 0.15) is 0 Å². The van der Waals surface area contributed by atoms with E-state index in [-0.39, 0.29) is 12.0 Å². The van der Waals surface area contributed by atoms with Gasteiger partial charge in [0.25, 0.3) is 0 Å². The maximum Gasteiger partial charge on any atom is 0.407 e. The number of benzene rings is 2. The van der Waals surface area contributed by atoms with Crippen molar-refractivity contribution in [1.82, 2.24) is 19.9 Å². The molecule has 4 rings (SSSR count). The standard InChI is InChI=1S/C23H26N4O3/c28-23(29)26-13-12-20(22(16-26)30-17-19-9-5-2-6-10-19)21-15-27(25-24-21)14-11-18-7-3-1-4-8-18/h1-10,15,20,22H,11-14,16-17H2,(H,28,29)/t20-,22+/m1/s1. The van der Waals surface area contributed by atoms with Crippen LogP contribution in [0, 0.1) is 0 Å². The maximum atomic E-state index is 11.5. The Morgan fingerprint density at radius 2 is 1.77 bits per heavy atom. The molecule has 1 aromatic heterocycles. The van der Waals surface area contributed by atoms with Crippen LogP contribution in [0.1, 0.15) is 29.2 Å². The van der Waals surface area contributed by atoms with E-state index in [0.717, 1.165) is 24.2 Å². The molecule has 1 N–H and O–H groups in total. The molecule has 2 aromatic carbocycles. The molecule has 0 bridgehead atoms. The summed E-state index contributed by atoms with van der Waals surface area (Å²) in [6.07, 6.45) is 2.36. The van der Waals surface area contributed by atoms with E-state index >= 15 is 0 Å². The minimum absolute atomic E-state index is 0.0230. The normalized spacial score (nSPS) is 19.0. The summed E-state index contributed by atoms with van der Waals surface area (Å²) < 4.78 is 8.03. The topological polar surface area (TPSA) is 80.5 Å². The Balaban J connectivity index is 1.43. The van der Waals surface area contributed by atoms with Gasteiger partial charge in [-0.2, -0.15) is 0 Å². The second kappa shape index (κ2) is 9.54. The zero-order valence-corrected chi connectivity index (χ0v) is 16.8. The average molecular weight is 406 g/mol. The highest BCUT2D eigenvalue weighted by molar-refractivity contribution is 5.65. The van der Waals surface area contributed by atoms with Crippen molar-refractivity contribution >= 4 is 6.09 Å². The number of rotatable bonds is 7. The summed E-state index contributed by atoms with van der Waals surface area (Å²) in [6.45, 7) is 2.00. The molecule has 0 aliphatic carbocycles. The molecule has 7 nitrogen and oxygen atoms in total. The molecule has 0 spiro atoms. The number of carbonyl (C=O) groups is 1. The molecule has 1 aliphatic rings. The minimum atomic E-state index is -0.909. The quantitative estimate of drug-likeness (QED) is 0.649. The Morgan fingerprint density at radius 3 is 2.47 bits per heavy atom. The van der Waals surface area contributed by atoms with Crippen LogP contribution in [-0.2, 0) is 24.3 Å². The number of amides is 1. The molecule has 1 amide bonds. The van der Waals surface area contributed by atoms with Crippen molar-refractivity contribution in [2.75, 3.05) is 13.1 Å². The van der Waals surface area contributed by atoms with Crippen LogP contribution in [0.25, 0.3) is 0 Å². The van der Waals surface area contributed by atoms with E-state index in [0.29, 0.717) is 26.1 Å². The van der Waals surface area contributed by atoms with Gasteiger partial charge in [-0.05, 0) is 24.0 Å². The number of hydrogen-bond acceptors (Lipinski definition) is 4. The Morgan fingerprint density at radius 1 is 1.07 bits per heavy atom. The summed E-state index contributed by atoms with van der Waals surface area (Å²) in [6, 6.07) is 20.2. The Labute approximate surface area is 175 Å². The summed E-state index contributed by atoms with van der Waals surface area (Å²) in [5, 5.41) is 18.1. The van der Waals surface area contributed by atoms with Gasteiger partial charge < -0.3 is 14.7 Å². The molecule has 1 fully saturated rings. The molecule has 3 aromatic rings. The summed E-state index contributed by atoms with van der Waals surface area (Å²) >= 11 is 0. The highest BCUT2D eigenvalue weighted by Crippen LogP contribution is 2.30.